The average molecular weight is 289 g/mol. The first-order valence-corrected chi connectivity index (χ1v) is 7.55. The number of nitrogens with zero attached hydrogens (tertiary/aromatic N) is 2. The molecular formula is C16H23N3O2. The molecule has 2 bridgehead atoms. The van der Waals surface area contributed by atoms with Crippen molar-refractivity contribution in [3.05, 3.63) is 17.8 Å². The van der Waals surface area contributed by atoms with E-state index in [4.69, 9.17) is 0 Å². The van der Waals surface area contributed by atoms with E-state index < -0.39 is 5.97 Å². The van der Waals surface area contributed by atoms with Crippen molar-refractivity contribution < 1.29 is 9.53 Å². The molecule has 1 aromatic heterocycles. The molecule has 1 aromatic rings. The molecule has 1 heterocycles. The fraction of sp³-hybridized carbons (Fsp3) is 0.688. The number of carbonyl (C=O) groups excluding carboxylic acids is 1. The molecule has 0 amide bonds. The van der Waals surface area contributed by atoms with Gasteiger partial charge in [0, 0.05) is 6.04 Å². The summed E-state index contributed by atoms with van der Waals surface area (Å²) in [6.45, 7) is 7.06. The van der Waals surface area contributed by atoms with Gasteiger partial charge in [0.1, 0.15) is 5.82 Å². The summed E-state index contributed by atoms with van der Waals surface area (Å²) in [5.41, 5.74) is 0.827. The van der Waals surface area contributed by atoms with Gasteiger partial charge in [-0.15, -0.1) is 10.2 Å². The van der Waals surface area contributed by atoms with E-state index in [0.29, 0.717) is 11.5 Å². The lowest BCUT2D eigenvalue weighted by atomic mass is 9.68. The zero-order valence-corrected chi connectivity index (χ0v) is 13.1. The summed E-state index contributed by atoms with van der Waals surface area (Å²) in [5, 5.41) is 11.6. The second-order valence-corrected chi connectivity index (χ2v) is 7.29. The Hall–Kier alpha value is -1.65. The first-order chi connectivity index (χ1) is 9.87. The number of aromatic nitrogens is 2. The first-order valence-electron chi connectivity index (χ1n) is 7.55. The van der Waals surface area contributed by atoms with Crippen LogP contribution in [0.3, 0.4) is 0 Å². The number of hydrogen-bond donors (Lipinski definition) is 1. The maximum Gasteiger partial charge on any atom is 0.358 e. The zero-order chi connectivity index (χ0) is 15.3. The first kappa shape index (κ1) is 14.3. The van der Waals surface area contributed by atoms with Crippen molar-refractivity contribution in [3.8, 4) is 0 Å². The summed E-state index contributed by atoms with van der Waals surface area (Å²) in [6.07, 6.45) is 3.88. The van der Waals surface area contributed by atoms with Crippen LogP contribution in [0.1, 0.15) is 50.5 Å². The maximum atomic E-state index is 11.4. The summed E-state index contributed by atoms with van der Waals surface area (Å²) < 4.78 is 4.64. The van der Waals surface area contributed by atoms with Crippen LogP contribution in [0.5, 0.6) is 0 Å². The Kier molecular flexibility index (Phi) is 3.19. The highest BCUT2D eigenvalue weighted by Gasteiger charge is 2.59. The normalized spacial score (nSPS) is 33.0. The Morgan fingerprint density at radius 1 is 1.33 bits per heavy atom. The molecule has 5 nitrogen and oxygen atoms in total. The Morgan fingerprint density at radius 2 is 2.10 bits per heavy atom. The lowest BCUT2D eigenvalue weighted by molar-refractivity contribution is 0.0592. The predicted octanol–water partition coefficient (Wildman–Crippen LogP) is 2.89. The number of esters is 1. The molecule has 2 aliphatic rings. The number of fused-ring (bicyclic) bond motifs is 2. The van der Waals surface area contributed by atoms with Crippen LogP contribution in [0, 0.1) is 16.7 Å². The quantitative estimate of drug-likeness (QED) is 0.867. The van der Waals surface area contributed by atoms with Gasteiger partial charge in [0.05, 0.1) is 7.11 Å². The number of carbonyl (C=O) groups is 1. The van der Waals surface area contributed by atoms with Crippen LogP contribution in [0.25, 0.3) is 0 Å². The van der Waals surface area contributed by atoms with Crippen LogP contribution in [0.2, 0.25) is 0 Å². The van der Waals surface area contributed by atoms with Gasteiger partial charge in [-0.3, -0.25) is 0 Å². The van der Waals surface area contributed by atoms with E-state index in [9.17, 15) is 4.79 Å². The van der Waals surface area contributed by atoms with Crippen LogP contribution in [0.4, 0.5) is 5.82 Å². The van der Waals surface area contributed by atoms with E-state index in [1.807, 2.05) is 6.07 Å². The second kappa shape index (κ2) is 4.68. The second-order valence-electron chi connectivity index (χ2n) is 7.29. The molecule has 0 spiro atoms. The van der Waals surface area contributed by atoms with Gasteiger partial charge in [-0.1, -0.05) is 20.8 Å². The minimum Gasteiger partial charge on any atom is -0.464 e. The molecule has 0 radical (unpaired) electrons. The van der Waals surface area contributed by atoms with Gasteiger partial charge < -0.3 is 10.1 Å². The molecule has 5 heteroatoms. The number of methoxy groups -OCH3 is 1. The molecule has 21 heavy (non-hydrogen) atoms. The minimum absolute atomic E-state index is 0.237. The van der Waals surface area contributed by atoms with Crippen molar-refractivity contribution in [1.29, 1.82) is 0 Å². The SMILES string of the molecule is COC(=O)c1ccc(NC2C3(C)CCC(C3)C2(C)C)nn1. The van der Waals surface area contributed by atoms with Gasteiger partial charge in [-0.05, 0) is 48.1 Å². The van der Waals surface area contributed by atoms with Crippen molar-refractivity contribution in [2.75, 3.05) is 12.4 Å². The predicted molar refractivity (Wildman–Crippen MR) is 80.0 cm³/mol. The van der Waals surface area contributed by atoms with Gasteiger partial charge in [0.2, 0.25) is 0 Å². The van der Waals surface area contributed by atoms with Crippen LogP contribution < -0.4 is 5.32 Å². The fourth-order valence-corrected chi connectivity index (χ4v) is 4.43. The van der Waals surface area contributed by atoms with Gasteiger partial charge in [0.25, 0.3) is 0 Å². The van der Waals surface area contributed by atoms with Crippen molar-refractivity contribution in [3.63, 3.8) is 0 Å². The highest BCUT2D eigenvalue weighted by Crippen LogP contribution is 2.62. The number of rotatable bonds is 3. The molecule has 0 aromatic carbocycles. The number of hydrogen-bond acceptors (Lipinski definition) is 5. The van der Waals surface area contributed by atoms with Gasteiger partial charge in [-0.25, -0.2) is 4.79 Å². The molecule has 3 rings (SSSR count). The van der Waals surface area contributed by atoms with Crippen molar-refractivity contribution in [2.24, 2.45) is 16.7 Å². The molecule has 2 aliphatic carbocycles. The average Bonchev–Trinajstić information content (AvgIpc) is 2.94. The monoisotopic (exact) mass is 289 g/mol. The maximum absolute atomic E-state index is 11.4. The molecule has 0 aliphatic heterocycles. The van der Waals surface area contributed by atoms with Crippen molar-refractivity contribution >= 4 is 11.8 Å². The van der Waals surface area contributed by atoms with Crippen LogP contribution in [-0.4, -0.2) is 29.3 Å². The molecule has 0 saturated heterocycles. The van der Waals surface area contributed by atoms with E-state index in [2.05, 4.69) is 41.0 Å². The van der Waals surface area contributed by atoms with E-state index >= 15 is 0 Å². The Labute approximate surface area is 125 Å². The summed E-state index contributed by atoms with van der Waals surface area (Å²) in [7, 11) is 1.34. The third-order valence-corrected chi connectivity index (χ3v) is 5.62. The van der Waals surface area contributed by atoms with E-state index in [1.165, 1.54) is 26.4 Å². The highest BCUT2D eigenvalue weighted by atomic mass is 16.5. The summed E-state index contributed by atoms with van der Waals surface area (Å²) in [4.78, 5) is 11.4. The van der Waals surface area contributed by atoms with E-state index in [0.717, 1.165) is 11.7 Å². The molecule has 2 saturated carbocycles. The number of anilines is 1. The third kappa shape index (κ3) is 2.19. The highest BCUT2D eigenvalue weighted by molar-refractivity contribution is 5.86. The van der Waals surface area contributed by atoms with Crippen molar-refractivity contribution in [1.82, 2.24) is 10.2 Å². The zero-order valence-electron chi connectivity index (χ0n) is 13.1. The third-order valence-electron chi connectivity index (χ3n) is 5.62. The lowest BCUT2D eigenvalue weighted by Crippen LogP contribution is -2.46. The van der Waals surface area contributed by atoms with Crippen LogP contribution in [-0.2, 0) is 4.74 Å². The molecule has 3 atom stereocenters. The summed E-state index contributed by atoms with van der Waals surface area (Å²) in [6, 6.07) is 3.86. The Morgan fingerprint density at radius 3 is 2.62 bits per heavy atom. The molecule has 2 fully saturated rings. The van der Waals surface area contributed by atoms with Gasteiger partial charge >= 0.3 is 5.97 Å². The Bertz CT molecular complexity index is 550. The lowest BCUT2D eigenvalue weighted by Gasteiger charge is -2.43. The Balaban J connectivity index is 1.79. The minimum atomic E-state index is -0.457. The molecule has 114 valence electrons. The number of ether oxygens (including phenoxy) is 1. The molecule has 3 unspecified atom stereocenters. The summed E-state index contributed by atoms with van der Waals surface area (Å²) in [5.74, 6) is 1.05. The van der Waals surface area contributed by atoms with Crippen LogP contribution >= 0.6 is 0 Å². The van der Waals surface area contributed by atoms with E-state index in [1.54, 1.807) is 6.07 Å². The topological polar surface area (TPSA) is 64.1 Å². The van der Waals surface area contributed by atoms with Crippen LogP contribution in [0.15, 0.2) is 12.1 Å². The molecule has 1 N–H and O–H groups in total. The van der Waals surface area contributed by atoms with Crippen molar-refractivity contribution in [2.45, 2.75) is 46.1 Å². The molecular weight excluding hydrogens is 266 g/mol. The summed E-state index contributed by atoms with van der Waals surface area (Å²) >= 11 is 0. The number of nitrogens with one attached hydrogen (secondary N) is 1. The smallest absolute Gasteiger partial charge is 0.358 e. The van der Waals surface area contributed by atoms with E-state index in [-0.39, 0.29) is 11.1 Å². The largest absolute Gasteiger partial charge is 0.464 e. The van der Waals surface area contributed by atoms with Gasteiger partial charge in [0.15, 0.2) is 5.69 Å². The fourth-order valence-electron chi connectivity index (χ4n) is 4.43. The standard InChI is InChI=1S/C16H23N3O2/c1-15(2)10-7-8-16(3,9-10)14(15)17-12-6-5-11(18-19-12)13(20)21-4/h5-6,10,14H,7-9H2,1-4H3,(H,17,19). The van der Waals surface area contributed by atoms with Gasteiger partial charge in [-0.2, -0.15) is 0 Å².